The minimum absolute atomic E-state index is 0. The monoisotopic (exact) mass is 996 g/mol. The first-order valence-corrected chi connectivity index (χ1v) is 21.7. The molecule has 68 heavy (non-hydrogen) atoms. The van der Waals surface area contributed by atoms with Crippen molar-refractivity contribution in [2.45, 2.75) is 12.1 Å². The second-order valence-corrected chi connectivity index (χ2v) is 16.9. The molecule has 8 N–H and O–H groups in total. The Bertz CT molecular complexity index is 2710. The fourth-order valence-electron chi connectivity index (χ4n) is 7.74. The van der Waals surface area contributed by atoms with Gasteiger partial charge in [0.1, 0.15) is 0 Å². The van der Waals surface area contributed by atoms with Gasteiger partial charge < -0.3 is 51.9 Å². The van der Waals surface area contributed by atoms with Crippen LogP contribution in [-0.2, 0) is 4.74 Å². The molecule has 16 nitrogen and oxygen atoms in total. The molecule has 8 rings (SSSR count). The molecule has 2 aliphatic rings. The van der Waals surface area contributed by atoms with E-state index in [4.69, 9.17) is 67.7 Å². The summed E-state index contributed by atoms with van der Waals surface area (Å²) in [6, 6.07) is 30.3. The number of pyridine rings is 2. The number of nitrogen functional groups attached to an aromatic ring is 2. The molecule has 0 bridgehead atoms. The number of nitrogens with zero attached hydrogens (tertiary/aromatic N) is 6. The molecule has 0 spiro atoms. The first kappa shape index (κ1) is 54.5. The van der Waals surface area contributed by atoms with Gasteiger partial charge in [-0.15, -0.1) is 0 Å². The number of aromatic nitrogens is 2. The zero-order valence-corrected chi connectivity index (χ0v) is 39.8. The van der Waals surface area contributed by atoms with Crippen LogP contribution in [0, 0.1) is 0 Å². The fourth-order valence-corrected chi connectivity index (χ4v) is 8.33. The molecule has 2 fully saturated rings. The Balaban J connectivity index is 0.000000284. The normalized spacial score (nSPS) is 15.3. The van der Waals surface area contributed by atoms with E-state index < -0.39 is 11.9 Å². The van der Waals surface area contributed by atoms with Gasteiger partial charge in [0.05, 0.1) is 51.7 Å². The van der Waals surface area contributed by atoms with Gasteiger partial charge in [0.15, 0.2) is 11.6 Å². The van der Waals surface area contributed by atoms with Gasteiger partial charge in [-0.3, -0.25) is 9.59 Å². The summed E-state index contributed by atoms with van der Waals surface area (Å²) in [7, 11) is 1.32. The Morgan fingerprint density at radius 1 is 0.574 bits per heavy atom. The number of hydrogen-bond acceptors (Lipinski definition) is 12. The van der Waals surface area contributed by atoms with E-state index in [1.54, 1.807) is 70.7 Å². The fraction of sp³-hybridized carbons (Fsp3) is 0.191. The third kappa shape index (κ3) is 12.7. The van der Waals surface area contributed by atoms with Crippen LogP contribution in [0.15, 0.2) is 122 Å². The molecular formula is C47H45Cl4LiN8O8. The minimum atomic E-state index is -1.03. The third-order valence-electron chi connectivity index (χ3n) is 11.0. The summed E-state index contributed by atoms with van der Waals surface area (Å²) >= 11 is 24.2. The maximum atomic E-state index is 13.2. The SMILES string of the molecule is COC(=O)c1ccc(C(=O)N2CCN(c3ncc(Cl)cc3N)C(c3ccc(Cl)cc3)C2)cc1.Nc1cc(Cl)cnc1N1CCN(C(=O)c2ccc(C(=O)O)cc2)CC1c1ccc(Cl)cc1.O.[Li+].[OH-]. The first-order chi connectivity index (χ1) is 31.2. The van der Waals surface area contributed by atoms with Gasteiger partial charge in [-0.05, 0) is 96.1 Å². The molecular weight excluding hydrogens is 953 g/mol. The molecule has 2 amide bonds. The number of nitrogens with two attached hydrogens (primary N) is 2. The van der Waals surface area contributed by atoms with Gasteiger partial charge >= 0.3 is 30.8 Å². The third-order valence-corrected chi connectivity index (χ3v) is 12.0. The van der Waals surface area contributed by atoms with Gasteiger partial charge in [0.25, 0.3) is 11.8 Å². The average Bonchev–Trinajstić information content (AvgIpc) is 3.31. The van der Waals surface area contributed by atoms with Gasteiger partial charge in [0, 0.05) is 72.8 Å². The molecule has 2 saturated heterocycles. The predicted molar refractivity (Wildman–Crippen MR) is 259 cm³/mol. The second kappa shape index (κ2) is 24.3. The smallest absolute Gasteiger partial charge is 0.870 e. The molecule has 2 atom stereocenters. The molecule has 2 unspecified atom stereocenters. The van der Waals surface area contributed by atoms with Crippen LogP contribution in [-0.4, -0.2) is 106 Å². The molecule has 6 aromatic rings. The number of anilines is 4. The molecule has 0 aliphatic carbocycles. The number of piperazine rings is 2. The van der Waals surface area contributed by atoms with Crippen LogP contribution >= 0.6 is 46.4 Å². The van der Waals surface area contributed by atoms with Gasteiger partial charge in [-0.25, -0.2) is 19.6 Å². The van der Waals surface area contributed by atoms with E-state index in [-0.39, 0.29) is 59.3 Å². The number of benzene rings is 4. The average molecular weight is 999 g/mol. The van der Waals surface area contributed by atoms with Crippen molar-refractivity contribution in [2.75, 3.05) is 67.6 Å². The van der Waals surface area contributed by atoms with Gasteiger partial charge in [0.2, 0.25) is 0 Å². The summed E-state index contributed by atoms with van der Waals surface area (Å²) in [5.74, 6) is -0.548. The van der Waals surface area contributed by atoms with Crippen molar-refractivity contribution in [2.24, 2.45) is 0 Å². The van der Waals surface area contributed by atoms with E-state index in [0.717, 1.165) is 11.1 Å². The Morgan fingerprint density at radius 3 is 1.26 bits per heavy atom. The zero-order chi connectivity index (χ0) is 46.4. The van der Waals surface area contributed by atoms with Crippen molar-refractivity contribution >= 4 is 93.2 Å². The Kier molecular flexibility index (Phi) is 19.5. The van der Waals surface area contributed by atoms with Crippen LogP contribution in [0.1, 0.15) is 64.6 Å². The number of ether oxygens (including phenoxy) is 1. The van der Waals surface area contributed by atoms with Crippen molar-refractivity contribution < 1.29 is 58.8 Å². The number of carboxylic acid groups (broad SMARTS) is 1. The second-order valence-electron chi connectivity index (χ2n) is 15.1. The summed E-state index contributed by atoms with van der Waals surface area (Å²) in [6.45, 7) is 2.77. The molecule has 4 aromatic carbocycles. The molecule has 21 heteroatoms. The summed E-state index contributed by atoms with van der Waals surface area (Å²) in [5, 5.41) is 11.2. The summed E-state index contributed by atoms with van der Waals surface area (Å²) in [4.78, 5) is 65.7. The van der Waals surface area contributed by atoms with E-state index in [1.807, 2.05) is 36.4 Å². The topological polar surface area (TPSA) is 250 Å². The Hall–Kier alpha value is -6.06. The van der Waals surface area contributed by atoms with Crippen molar-refractivity contribution in [1.82, 2.24) is 19.8 Å². The number of esters is 1. The first-order valence-electron chi connectivity index (χ1n) is 20.2. The van der Waals surface area contributed by atoms with Crippen molar-refractivity contribution in [3.63, 3.8) is 0 Å². The van der Waals surface area contributed by atoms with Crippen LogP contribution in [0.2, 0.25) is 20.1 Å². The van der Waals surface area contributed by atoms with Crippen LogP contribution in [0.3, 0.4) is 0 Å². The minimum Gasteiger partial charge on any atom is -0.870 e. The number of amides is 2. The van der Waals surface area contributed by atoms with Crippen LogP contribution in [0.25, 0.3) is 0 Å². The number of methoxy groups -OCH3 is 1. The quantitative estimate of drug-likeness (QED) is 0.137. The molecule has 0 radical (unpaired) electrons. The van der Waals surface area contributed by atoms with Crippen LogP contribution < -0.4 is 40.1 Å². The molecule has 2 aromatic heterocycles. The van der Waals surface area contributed by atoms with E-state index in [1.165, 1.54) is 31.4 Å². The van der Waals surface area contributed by atoms with E-state index in [2.05, 4.69) is 19.8 Å². The molecule has 0 saturated carbocycles. The molecule has 350 valence electrons. The largest absolute Gasteiger partial charge is 1.00 e. The van der Waals surface area contributed by atoms with Gasteiger partial charge in [-0.1, -0.05) is 70.7 Å². The van der Waals surface area contributed by atoms with E-state index >= 15 is 0 Å². The van der Waals surface area contributed by atoms with Gasteiger partial charge in [-0.2, -0.15) is 0 Å². The Morgan fingerprint density at radius 2 is 0.926 bits per heavy atom. The number of carbonyl (C=O) groups is 4. The summed E-state index contributed by atoms with van der Waals surface area (Å²) in [6.07, 6.45) is 3.11. The summed E-state index contributed by atoms with van der Waals surface area (Å²) in [5.41, 5.74) is 16.8. The van der Waals surface area contributed by atoms with E-state index in [0.29, 0.717) is 99.1 Å². The van der Waals surface area contributed by atoms with Crippen molar-refractivity contribution in [1.29, 1.82) is 0 Å². The van der Waals surface area contributed by atoms with E-state index in [9.17, 15) is 19.2 Å². The standard InChI is InChI=1S/C24H22Cl2N4O3.C23H20Cl2N4O3.Li.2H2O/c1-33-24(32)17-4-2-16(3-5-17)23(31)29-10-11-30(22-20(27)12-19(26)13-28-22)21(14-29)15-6-8-18(25)9-7-15;24-17-7-5-14(6-8-17)20-13-28(22(30)15-1-3-16(4-2-15)23(31)32)9-10-29(20)21-19(26)11-18(25)12-27-21;;;/h2-9,12-13,21H,10-11,14,27H2,1H3;1-8,11-12,20H,9-10,13,26H2,(H,31,32);;2*1H2/q;;+1;;/p-1. The zero-order valence-electron chi connectivity index (χ0n) is 36.7. The number of hydrogen-bond donors (Lipinski definition) is 3. The number of aromatic carboxylic acids is 1. The Labute approximate surface area is 424 Å². The number of rotatable bonds is 8. The number of carboxylic acids is 1. The number of halogens is 4. The maximum absolute atomic E-state index is 13.2. The predicted octanol–water partition coefficient (Wildman–Crippen LogP) is 4.84. The van der Waals surface area contributed by atoms with Crippen molar-refractivity contribution in [3.8, 4) is 0 Å². The van der Waals surface area contributed by atoms with Crippen molar-refractivity contribution in [3.05, 3.63) is 175 Å². The van der Waals surface area contributed by atoms with Crippen LogP contribution in [0.5, 0.6) is 0 Å². The molecule has 2 aliphatic heterocycles. The molecule has 4 heterocycles. The summed E-state index contributed by atoms with van der Waals surface area (Å²) < 4.78 is 4.72. The maximum Gasteiger partial charge on any atom is 1.00 e. The number of carbonyl (C=O) groups excluding carboxylic acids is 3. The van der Waals surface area contributed by atoms with Crippen LogP contribution in [0.4, 0.5) is 23.0 Å².